The number of halogens is 1. The van der Waals surface area contributed by atoms with E-state index in [1.54, 1.807) is 43.3 Å². The van der Waals surface area contributed by atoms with Gasteiger partial charge in [-0.15, -0.1) is 0 Å². The molecular weight excluding hydrogens is 533 g/mol. The highest BCUT2D eigenvalue weighted by molar-refractivity contribution is 5.90. The van der Waals surface area contributed by atoms with Crippen LogP contribution < -0.4 is 0 Å². The van der Waals surface area contributed by atoms with Crippen LogP contribution in [0.1, 0.15) is 36.8 Å². The van der Waals surface area contributed by atoms with Crippen LogP contribution in [0.3, 0.4) is 0 Å². The topological polar surface area (TPSA) is 152 Å². The minimum atomic E-state index is -2.31. The summed E-state index contributed by atoms with van der Waals surface area (Å²) in [5, 5.41) is 38.7. The molecule has 0 saturated heterocycles. The van der Waals surface area contributed by atoms with Gasteiger partial charge in [0.1, 0.15) is 24.4 Å². The van der Waals surface area contributed by atoms with Crippen LogP contribution in [-0.2, 0) is 25.6 Å². The average molecular weight is 566 g/mol. The summed E-state index contributed by atoms with van der Waals surface area (Å²) in [4.78, 5) is 48.8. The third kappa shape index (κ3) is 8.21. The first kappa shape index (κ1) is 31.0. The molecule has 0 spiro atoms. The zero-order valence-corrected chi connectivity index (χ0v) is 22.4. The minimum absolute atomic E-state index is 0.353. The largest absolute Gasteiger partial charge is 0.481 e. The zero-order chi connectivity index (χ0) is 30.1. The maximum absolute atomic E-state index is 15.4. The Bertz CT molecular complexity index is 1370. The Hall–Kier alpha value is -4.57. The summed E-state index contributed by atoms with van der Waals surface area (Å²) in [5.74, 6) is -9.06. The quantitative estimate of drug-likeness (QED) is 0.228. The molecule has 0 heterocycles. The first-order valence-electron chi connectivity index (χ1n) is 13.0. The lowest BCUT2D eigenvalue weighted by Gasteiger charge is -2.36. The second-order valence-corrected chi connectivity index (χ2v) is 9.82. The maximum Gasteiger partial charge on any atom is 0.323 e. The number of rotatable bonds is 14. The van der Waals surface area contributed by atoms with Crippen molar-refractivity contribution in [3.63, 3.8) is 0 Å². The van der Waals surface area contributed by atoms with E-state index in [9.17, 15) is 34.5 Å². The van der Waals surface area contributed by atoms with Gasteiger partial charge < -0.3 is 25.3 Å². The number of nitrogens with zero attached hydrogens (tertiary/aromatic N) is 1. The summed E-state index contributed by atoms with van der Waals surface area (Å²) in [7, 11) is 0. The van der Waals surface area contributed by atoms with Crippen molar-refractivity contribution in [2.45, 2.75) is 44.2 Å². The van der Waals surface area contributed by atoms with Crippen LogP contribution in [-0.4, -0.2) is 67.8 Å². The molecular formula is C31H32FNO8. The molecule has 4 atom stereocenters. The van der Waals surface area contributed by atoms with Crippen molar-refractivity contribution >= 4 is 23.8 Å². The highest BCUT2D eigenvalue weighted by atomic mass is 19.1. The predicted octanol–water partition coefficient (Wildman–Crippen LogP) is 4.05. The first-order chi connectivity index (χ1) is 19.5. The molecule has 4 N–H and O–H groups in total. The van der Waals surface area contributed by atoms with E-state index < -0.39 is 66.6 Å². The van der Waals surface area contributed by atoms with Gasteiger partial charge in [-0.05, 0) is 42.5 Å². The van der Waals surface area contributed by atoms with Gasteiger partial charge in [0.25, 0.3) is 5.91 Å². The molecule has 3 aromatic carbocycles. The number of carboxylic acids is 3. The molecule has 10 heteroatoms. The van der Waals surface area contributed by atoms with Gasteiger partial charge in [0.2, 0.25) is 0 Å². The fourth-order valence-electron chi connectivity index (χ4n) is 4.92. The van der Waals surface area contributed by atoms with Crippen molar-refractivity contribution < 1.29 is 44.0 Å². The molecule has 0 aromatic heterocycles. The van der Waals surface area contributed by atoms with E-state index in [1.165, 1.54) is 6.07 Å². The van der Waals surface area contributed by atoms with Gasteiger partial charge in [-0.3, -0.25) is 19.2 Å². The molecule has 0 aliphatic heterocycles. The van der Waals surface area contributed by atoms with Gasteiger partial charge in [-0.25, -0.2) is 4.39 Å². The minimum Gasteiger partial charge on any atom is -0.481 e. The number of benzene rings is 3. The van der Waals surface area contributed by atoms with Gasteiger partial charge in [0.05, 0.1) is 6.42 Å². The highest BCUT2D eigenvalue weighted by Crippen LogP contribution is 2.33. The van der Waals surface area contributed by atoms with E-state index in [-0.39, 0.29) is 0 Å². The Morgan fingerprint density at radius 2 is 1.46 bits per heavy atom. The number of amides is 1. The number of carbonyl (C=O) groups is 4. The van der Waals surface area contributed by atoms with Crippen LogP contribution >= 0.6 is 0 Å². The maximum atomic E-state index is 15.4. The lowest BCUT2D eigenvalue weighted by Crippen LogP contribution is -2.52. The smallest absolute Gasteiger partial charge is 0.323 e. The van der Waals surface area contributed by atoms with Crippen LogP contribution in [0.5, 0.6) is 0 Å². The van der Waals surface area contributed by atoms with E-state index in [2.05, 4.69) is 0 Å². The van der Waals surface area contributed by atoms with E-state index in [4.69, 9.17) is 5.11 Å². The number of aryl methyl sites for hydroxylation is 1. The Kier molecular flexibility index (Phi) is 10.7. The van der Waals surface area contributed by atoms with Gasteiger partial charge >= 0.3 is 17.9 Å². The van der Waals surface area contributed by atoms with Crippen LogP contribution in [0.15, 0.2) is 78.9 Å². The van der Waals surface area contributed by atoms with Gasteiger partial charge in [-0.1, -0.05) is 72.8 Å². The zero-order valence-electron chi connectivity index (χ0n) is 22.4. The monoisotopic (exact) mass is 565 g/mol. The number of hydrogen-bond acceptors (Lipinski definition) is 5. The Balaban J connectivity index is 2.01. The fourth-order valence-corrected chi connectivity index (χ4v) is 4.92. The number of aliphatic carboxylic acids is 3. The normalized spacial score (nSPS) is 13.9. The first-order valence-corrected chi connectivity index (χ1v) is 13.0. The second kappa shape index (κ2) is 14.2. The third-order valence-corrected chi connectivity index (χ3v) is 7.10. The molecule has 0 bridgehead atoms. The number of aliphatic hydroxyl groups is 1. The highest BCUT2D eigenvalue weighted by Gasteiger charge is 2.40. The Labute approximate surface area is 236 Å². The molecule has 0 saturated carbocycles. The van der Waals surface area contributed by atoms with E-state index >= 15 is 4.39 Å². The Morgan fingerprint density at radius 1 is 0.854 bits per heavy atom. The van der Waals surface area contributed by atoms with Gasteiger partial charge in [0.15, 0.2) is 0 Å². The van der Waals surface area contributed by atoms with Crippen molar-refractivity contribution in [3.8, 4) is 11.1 Å². The third-order valence-electron chi connectivity index (χ3n) is 7.10. The molecule has 0 fully saturated rings. The van der Waals surface area contributed by atoms with Gasteiger partial charge in [0, 0.05) is 17.5 Å². The van der Waals surface area contributed by atoms with Crippen molar-refractivity contribution in [1.82, 2.24) is 4.90 Å². The standard InChI is InChI=1S/C31H32FNO8/c1-19(33(18-28(36)37)30(39)29(38)25(31(40)41)17-27(34)35)23(14-12-20-8-4-2-5-9-20)22-13-15-24(26(32)16-22)21-10-6-3-7-11-21/h2-11,13,15-16,19,23,25,29,38H,12,14,17-18H2,1H3,(H,34,35)(H,36,37)(H,40,41). The number of aliphatic hydroxyl groups excluding tert-OH is 1. The summed E-state index contributed by atoms with van der Waals surface area (Å²) in [6.45, 7) is 0.655. The summed E-state index contributed by atoms with van der Waals surface area (Å²) in [6, 6.07) is 21.9. The molecule has 1 amide bonds. The van der Waals surface area contributed by atoms with Crippen molar-refractivity contribution in [1.29, 1.82) is 0 Å². The summed E-state index contributed by atoms with van der Waals surface area (Å²) in [6.07, 6.45) is -2.50. The lowest BCUT2D eigenvalue weighted by atomic mass is 9.84. The molecule has 41 heavy (non-hydrogen) atoms. The molecule has 4 unspecified atom stereocenters. The summed E-state index contributed by atoms with van der Waals surface area (Å²) in [5.41, 5.74) is 2.45. The van der Waals surface area contributed by atoms with E-state index in [1.807, 2.05) is 36.4 Å². The fraction of sp³-hybridized carbons (Fsp3) is 0.290. The van der Waals surface area contributed by atoms with E-state index in [0.717, 1.165) is 10.5 Å². The Morgan fingerprint density at radius 3 is 2.00 bits per heavy atom. The molecule has 216 valence electrons. The summed E-state index contributed by atoms with van der Waals surface area (Å²) < 4.78 is 15.4. The summed E-state index contributed by atoms with van der Waals surface area (Å²) >= 11 is 0. The number of carboxylic acid groups (broad SMARTS) is 3. The van der Waals surface area contributed by atoms with Crippen molar-refractivity contribution in [2.75, 3.05) is 6.54 Å². The molecule has 0 radical (unpaired) electrons. The molecule has 3 aromatic rings. The number of carbonyl (C=O) groups excluding carboxylic acids is 1. The van der Waals surface area contributed by atoms with Crippen LogP contribution in [0.25, 0.3) is 11.1 Å². The second-order valence-electron chi connectivity index (χ2n) is 9.82. The predicted molar refractivity (Wildman–Crippen MR) is 148 cm³/mol. The van der Waals surface area contributed by atoms with Crippen molar-refractivity contribution in [3.05, 3.63) is 95.8 Å². The van der Waals surface area contributed by atoms with Crippen molar-refractivity contribution in [2.24, 2.45) is 5.92 Å². The molecule has 0 aliphatic rings. The van der Waals surface area contributed by atoms with Crippen LogP contribution in [0, 0.1) is 11.7 Å². The van der Waals surface area contributed by atoms with Crippen LogP contribution in [0.4, 0.5) is 4.39 Å². The molecule has 3 rings (SSSR count). The van der Waals surface area contributed by atoms with E-state index in [0.29, 0.717) is 29.5 Å². The number of hydrogen-bond donors (Lipinski definition) is 4. The average Bonchev–Trinajstić information content (AvgIpc) is 2.94. The van der Waals surface area contributed by atoms with Gasteiger partial charge in [-0.2, -0.15) is 0 Å². The molecule has 0 aliphatic carbocycles. The SMILES string of the molecule is CC(C(CCc1ccccc1)c1ccc(-c2ccccc2)c(F)c1)N(CC(=O)O)C(=O)C(O)C(CC(=O)O)C(=O)O. The van der Waals surface area contributed by atoms with Crippen LogP contribution in [0.2, 0.25) is 0 Å². The lowest BCUT2D eigenvalue weighted by molar-refractivity contribution is -0.162. The molecule has 9 nitrogen and oxygen atoms in total.